The molecule has 1 fully saturated rings. The van der Waals surface area contributed by atoms with Gasteiger partial charge in [0.2, 0.25) is 5.91 Å². The lowest BCUT2D eigenvalue weighted by molar-refractivity contribution is -0.117. The van der Waals surface area contributed by atoms with E-state index >= 15 is 0 Å². The Morgan fingerprint density at radius 1 is 1.14 bits per heavy atom. The average molecular weight is 475 g/mol. The van der Waals surface area contributed by atoms with Gasteiger partial charge in [0, 0.05) is 11.3 Å². The Hall–Kier alpha value is -4.34. The van der Waals surface area contributed by atoms with Crippen LogP contribution in [0.4, 0.5) is 10.1 Å². The third-order valence-corrected chi connectivity index (χ3v) is 5.74. The van der Waals surface area contributed by atoms with Crippen LogP contribution in [0.5, 0.6) is 0 Å². The van der Waals surface area contributed by atoms with Crippen molar-refractivity contribution >= 4 is 28.5 Å². The number of nitrogens with zero attached hydrogens (tertiary/aromatic N) is 4. The maximum absolute atomic E-state index is 13.4. The van der Waals surface area contributed by atoms with Crippen molar-refractivity contribution in [1.82, 2.24) is 19.6 Å². The van der Waals surface area contributed by atoms with E-state index in [0.29, 0.717) is 16.8 Å². The van der Waals surface area contributed by atoms with E-state index in [4.69, 9.17) is 4.74 Å². The van der Waals surface area contributed by atoms with Gasteiger partial charge in [0.25, 0.3) is 5.56 Å². The monoisotopic (exact) mass is 475 g/mol. The molecule has 1 amide bonds. The predicted molar refractivity (Wildman–Crippen MR) is 126 cm³/mol. The fourth-order valence-corrected chi connectivity index (χ4v) is 3.94. The molecule has 0 spiro atoms. The third kappa shape index (κ3) is 4.42. The predicted octanol–water partition coefficient (Wildman–Crippen LogP) is 3.41. The minimum atomic E-state index is -0.556. The number of halogens is 1. The highest BCUT2D eigenvalue weighted by Gasteiger charge is 2.30. The zero-order valence-corrected chi connectivity index (χ0v) is 18.9. The summed E-state index contributed by atoms with van der Waals surface area (Å²) in [7, 11) is 0. The van der Waals surface area contributed by atoms with Crippen molar-refractivity contribution < 1.29 is 18.7 Å². The van der Waals surface area contributed by atoms with Crippen LogP contribution in [-0.2, 0) is 16.1 Å². The van der Waals surface area contributed by atoms with E-state index in [0.717, 1.165) is 17.5 Å². The number of amides is 1. The van der Waals surface area contributed by atoms with Crippen LogP contribution in [0.25, 0.3) is 16.6 Å². The normalized spacial score (nSPS) is 13.1. The number of anilines is 1. The van der Waals surface area contributed by atoms with E-state index in [1.165, 1.54) is 28.9 Å². The Morgan fingerprint density at radius 3 is 2.60 bits per heavy atom. The van der Waals surface area contributed by atoms with Gasteiger partial charge in [-0.1, -0.05) is 12.1 Å². The fourth-order valence-electron chi connectivity index (χ4n) is 3.94. The van der Waals surface area contributed by atoms with Gasteiger partial charge in [0.15, 0.2) is 0 Å². The number of rotatable bonds is 7. The number of nitrogens with one attached hydrogen (secondary N) is 1. The number of hydrogen-bond acceptors (Lipinski definition) is 6. The van der Waals surface area contributed by atoms with E-state index in [1.807, 2.05) is 0 Å². The van der Waals surface area contributed by atoms with E-state index < -0.39 is 23.3 Å². The van der Waals surface area contributed by atoms with Crippen LogP contribution in [-0.4, -0.2) is 38.0 Å². The average Bonchev–Trinajstić information content (AvgIpc) is 3.60. The van der Waals surface area contributed by atoms with Gasteiger partial charge in [-0.25, -0.2) is 18.5 Å². The molecule has 178 valence electrons. The first kappa shape index (κ1) is 22.5. The van der Waals surface area contributed by atoms with E-state index in [9.17, 15) is 18.8 Å². The minimum absolute atomic E-state index is 0.183. The van der Waals surface area contributed by atoms with Gasteiger partial charge < -0.3 is 10.1 Å². The molecule has 2 aromatic carbocycles. The topological polar surface area (TPSA) is 108 Å². The second-order valence-corrected chi connectivity index (χ2v) is 8.23. The van der Waals surface area contributed by atoms with Crippen molar-refractivity contribution in [2.45, 2.75) is 32.2 Å². The molecule has 5 rings (SSSR count). The molecule has 10 heteroatoms. The molecule has 0 atom stereocenters. The van der Waals surface area contributed by atoms with E-state index in [2.05, 4.69) is 15.5 Å². The summed E-state index contributed by atoms with van der Waals surface area (Å²) in [6.45, 7) is 1.54. The molecule has 1 aliphatic carbocycles. The number of hydrogen-bond donors (Lipinski definition) is 1. The summed E-state index contributed by atoms with van der Waals surface area (Å²) in [5.74, 6) is -1.30. The number of aromatic nitrogens is 4. The number of carbonyl (C=O) groups excluding carboxylic acids is 2. The SMILES string of the molecule is CCOC(=O)c1ccccc1NC(=O)Cn1nc(C2CC2)c2cnn(-c3ccc(F)cc3)c2c1=O. The summed E-state index contributed by atoms with van der Waals surface area (Å²) in [6.07, 6.45) is 3.45. The number of ether oxygens (including phenoxy) is 1. The lowest BCUT2D eigenvalue weighted by atomic mass is 10.2. The lowest BCUT2D eigenvalue weighted by Crippen LogP contribution is -2.31. The molecule has 1 aliphatic rings. The molecule has 0 aliphatic heterocycles. The van der Waals surface area contributed by atoms with Crippen LogP contribution in [0.1, 0.15) is 41.7 Å². The number of para-hydroxylation sites is 1. The van der Waals surface area contributed by atoms with Gasteiger partial charge in [-0.3, -0.25) is 9.59 Å². The quantitative estimate of drug-likeness (QED) is 0.411. The van der Waals surface area contributed by atoms with Gasteiger partial charge in [-0.05, 0) is 56.2 Å². The summed E-state index contributed by atoms with van der Waals surface area (Å²) in [5, 5.41) is 12.1. The summed E-state index contributed by atoms with van der Waals surface area (Å²) >= 11 is 0. The Labute approximate surface area is 199 Å². The smallest absolute Gasteiger partial charge is 0.340 e. The van der Waals surface area contributed by atoms with Gasteiger partial charge in [0.05, 0.1) is 35.4 Å². The third-order valence-electron chi connectivity index (χ3n) is 5.74. The van der Waals surface area contributed by atoms with E-state index in [1.54, 1.807) is 37.4 Å². The second kappa shape index (κ2) is 9.13. The highest BCUT2D eigenvalue weighted by Crippen LogP contribution is 2.41. The van der Waals surface area contributed by atoms with Gasteiger partial charge in [-0.15, -0.1) is 0 Å². The molecular weight excluding hydrogens is 453 g/mol. The van der Waals surface area contributed by atoms with Gasteiger partial charge >= 0.3 is 5.97 Å². The fraction of sp³-hybridized carbons (Fsp3) is 0.240. The first-order valence-electron chi connectivity index (χ1n) is 11.3. The van der Waals surface area contributed by atoms with Crippen molar-refractivity contribution in [2.24, 2.45) is 0 Å². The van der Waals surface area contributed by atoms with Crippen molar-refractivity contribution in [3.05, 3.63) is 82.2 Å². The molecule has 35 heavy (non-hydrogen) atoms. The summed E-state index contributed by atoms with van der Waals surface area (Å²) in [4.78, 5) is 38.5. The number of esters is 1. The lowest BCUT2D eigenvalue weighted by Gasteiger charge is -2.12. The molecule has 4 aromatic rings. The van der Waals surface area contributed by atoms with E-state index in [-0.39, 0.29) is 35.8 Å². The molecule has 0 bridgehead atoms. The van der Waals surface area contributed by atoms with Crippen LogP contribution < -0.4 is 10.9 Å². The number of benzene rings is 2. The maximum atomic E-state index is 13.4. The number of carbonyl (C=O) groups is 2. The van der Waals surface area contributed by atoms with Crippen molar-refractivity contribution in [1.29, 1.82) is 0 Å². The maximum Gasteiger partial charge on any atom is 0.340 e. The largest absolute Gasteiger partial charge is 0.462 e. The van der Waals surface area contributed by atoms with Crippen LogP contribution in [0.2, 0.25) is 0 Å². The van der Waals surface area contributed by atoms with Crippen molar-refractivity contribution in [3.63, 3.8) is 0 Å². The molecule has 0 unspecified atom stereocenters. The van der Waals surface area contributed by atoms with Crippen molar-refractivity contribution in [3.8, 4) is 5.69 Å². The molecule has 2 aromatic heterocycles. The van der Waals surface area contributed by atoms with Crippen LogP contribution in [0, 0.1) is 5.82 Å². The van der Waals surface area contributed by atoms with Crippen LogP contribution >= 0.6 is 0 Å². The highest BCUT2D eigenvalue weighted by atomic mass is 19.1. The van der Waals surface area contributed by atoms with Gasteiger partial charge in [-0.2, -0.15) is 10.2 Å². The second-order valence-electron chi connectivity index (χ2n) is 8.23. The Kier molecular flexibility index (Phi) is 5.86. The highest BCUT2D eigenvalue weighted by molar-refractivity contribution is 6.01. The Bertz CT molecular complexity index is 1490. The summed E-state index contributed by atoms with van der Waals surface area (Å²) < 4.78 is 21.0. The first-order valence-corrected chi connectivity index (χ1v) is 11.3. The molecule has 1 N–H and O–H groups in total. The van der Waals surface area contributed by atoms with Crippen LogP contribution in [0.15, 0.2) is 59.5 Å². The number of fused-ring (bicyclic) bond motifs is 1. The molecule has 9 nitrogen and oxygen atoms in total. The standard InChI is InChI=1S/C25H22FN5O4/c1-2-35-25(34)18-5-3-4-6-20(18)28-21(32)14-30-24(33)23-19(22(29-30)15-7-8-15)13-27-31(23)17-11-9-16(26)10-12-17/h3-6,9-13,15H,2,7-8,14H2,1H3,(H,28,32). The summed E-state index contributed by atoms with van der Waals surface area (Å²) in [6, 6.07) is 12.1. The molecular formula is C25H22FN5O4. The minimum Gasteiger partial charge on any atom is -0.462 e. The molecule has 0 radical (unpaired) electrons. The van der Waals surface area contributed by atoms with Crippen molar-refractivity contribution in [2.75, 3.05) is 11.9 Å². The van der Waals surface area contributed by atoms with Gasteiger partial charge in [0.1, 0.15) is 17.9 Å². The zero-order chi connectivity index (χ0) is 24.5. The first-order chi connectivity index (χ1) is 17.0. The van der Waals surface area contributed by atoms with Crippen LogP contribution in [0.3, 0.4) is 0 Å². The zero-order valence-electron chi connectivity index (χ0n) is 18.9. The summed E-state index contributed by atoms with van der Waals surface area (Å²) in [5.41, 5.74) is 1.49. The molecule has 2 heterocycles. The molecule has 0 saturated heterocycles. The Balaban J connectivity index is 1.51. The Morgan fingerprint density at radius 2 is 1.89 bits per heavy atom. The molecule has 1 saturated carbocycles.